The van der Waals surface area contributed by atoms with Crippen LogP contribution in [-0.2, 0) is 0 Å². The number of rotatable bonds is 1. The number of aryl methyl sites for hydroxylation is 2. The standard InChI is InChI=1S/C11H12N2O/c1-7-10-6-9(14-3)4-5-11(10)13-8(2)12-7/h4-6H,1-3H3. The first-order chi connectivity index (χ1) is 6.70. The lowest BCUT2D eigenvalue weighted by Crippen LogP contribution is -1.93. The molecule has 0 aliphatic rings. The van der Waals surface area contributed by atoms with Gasteiger partial charge >= 0.3 is 0 Å². The molecule has 2 aromatic rings. The highest BCUT2D eigenvalue weighted by Gasteiger charge is 2.02. The van der Waals surface area contributed by atoms with Crippen LogP contribution >= 0.6 is 0 Å². The number of hydrogen-bond acceptors (Lipinski definition) is 3. The molecule has 0 spiro atoms. The Morgan fingerprint density at radius 2 is 1.93 bits per heavy atom. The molecule has 72 valence electrons. The van der Waals surface area contributed by atoms with Crippen molar-refractivity contribution in [2.45, 2.75) is 13.8 Å². The first-order valence-corrected chi connectivity index (χ1v) is 4.49. The Balaban J connectivity index is 2.75. The molecule has 1 heterocycles. The highest BCUT2D eigenvalue weighted by Crippen LogP contribution is 2.21. The second-order valence-electron chi connectivity index (χ2n) is 3.24. The Hall–Kier alpha value is -1.64. The normalized spacial score (nSPS) is 10.5. The Bertz CT molecular complexity index is 480. The molecule has 1 aromatic carbocycles. The van der Waals surface area contributed by atoms with Gasteiger partial charge in [-0.2, -0.15) is 0 Å². The third-order valence-corrected chi connectivity index (χ3v) is 2.21. The van der Waals surface area contributed by atoms with E-state index in [1.54, 1.807) is 7.11 Å². The fraction of sp³-hybridized carbons (Fsp3) is 0.273. The van der Waals surface area contributed by atoms with Gasteiger partial charge in [-0.25, -0.2) is 9.97 Å². The molecule has 0 atom stereocenters. The highest BCUT2D eigenvalue weighted by molar-refractivity contribution is 5.82. The van der Waals surface area contributed by atoms with Crippen LogP contribution in [0.4, 0.5) is 0 Å². The summed E-state index contributed by atoms with van der Waals surface area (Å²) < 4.78 is 5.15. The Morgan fingerprint density at radius 3 is 2.64 bits per heavy atom. The molecule has 2 rings (SSSR count). The molecule has 0 amide bonds. The van der Waals surface area contributed by atoms with E-state index >= 15 is 0 Å². The van der Waals surface area contributed by atoms with Gasteiger partial charge in [0.25, 0.3) is 0 Å². The number of nitrogens with zero attached hydrogens (tertiary/aromatic N) is 2. The highest BCUT2D eigenvalue weighted by atomic mass is 16.5. The monoisotopic (exact) mass is 188 g/mol. The molecule has 0 fully saturated rings. The van der Waals surface area contributed by atoms with E-state index in [1.165, 1.54) is 0 Å². The predicted molar refractivity (Wildman–Crippen MR) is 55.6 cm³/mol. The maximum atomic E-state index is 5.15. The largest absolute Gasteiger partial charge is 0.497 e. The van der Waals surface area contributed by atoms with Crippen molar-refractivity contribution in [3.05, 3.63) is 29.7 Å². The van der Waals surface area contributed by atoms with E-state index in [9.17, 15) is 0 Å². The van der Waals surface area contributed by atoms with Crippen molar-refractivity contribution in [3.63, 3.8) is 0 Å². The lowest BCUT2D eigenvalue weighted by molar-refractivity contribution is 0.415. The van der Waals surface area contributed by atoms with Gasteiger partial charge in [-0.3, -0.25) is 0 Å². The van der Waals surface area contributed by atoms with Gasteiger partial charge in [0.1, 0.15) is 11.6 Å². The van der Waals surface area contributed by atoms with Crippen molar-refractivity contribution >= 4 is 10.9 Å². The SMILES string of the molecule is COc1ccc2nc(C)nc(C)c2c1. The van der Waals surface area contributed by atoms with E-state index < -0.39 is 0 Å². The zero-order chi connectivity index (χ0) is 10.1. The molecule has 1 aromatic heterocycles. The van der Waals surface area contributed by atoms with E-state index in [0.717, 1.165) is 28.2 Å². The average Bonchev–Trinajstić information content (AvgIpc) is 2.17. The van der Waals surface area contributed by atoms with E-state index in [-0.39, 0.29) is 0 Å². The predicted octanol–water partition coefficient (Wildman–Crippen LogP) is 2.26. The molecule has 0 radical (unpaired) electrons. The summed E-state index contributed by atoms with van der Waals surface area (Å²) in [7, 11) is 1.66. The van der Waals surface area contributed by atoms with Crippen LogP contribution in [0.25, 0.3) is 10.9 Å². The van der Waals surface area contributed by atoms with Gasteiger partial charge in [0.05, 0.1) is 12.6 Å². The summed E-state index contributed by atoms with van der Waals surface area (Å²) >= 11 is 0. The van der Waals surface area contributed by atoms with E-state index in [4.69, 9.17) is 4.74 Å². The molecule has 0 N–H and O–H groups in total. The van der Waals surface area contributed by atoms with Crippen molar-refractivity contribution in [1.82, 2.24) is 9.97 Å². The van der Waals surface area contributed by atoms with E-state index in [1.807, 2.05) is 32.0 Å². The Morgan fingerprint density at radius 1 is 1.14 bits per heavy atom. The van der Waals surface area contributed by atoms with Crippen molar-refractivity contribution in [2.24, 2.45) is 0 Å². The second kappa shape index (κ2) is 3.25. The Labute approximate surface area is 82.8 Å². The third kappa shape index (κ3) is 1.41. The van der Waals surface area contributed by atoms with Crippen LogP contribution in [0.15, 0.2) is 18.2 Å². The molecular formula is C11H12N2O. The molecule has 0 saturated heterocycles. The van der Waals surface area contributed by atoms with E-state index in [0.29, 0.717) is 0 Å². The number of methoxy groups -OCH3 is 1. The smallest absolute Gasteiger partial charge is 0.126 e. The summed E-state index contributed by atoms with van der Waals surface area (Å²) in [5.74, 6) is 1.65. The lowest BCUT2D eigenvalue weighted by Gasteiger charge is -2.04. The maximum Gasteiger partial charge on any atom is 0.126 e. The summed E-state index contributed by atoms with van der Waals surface area (Å²) in [4.78, 5) is 8.66. The molecule has 0 bridgehead atoms. The molecule has 14 heavy (non-hydrogen) atoms. The van der Waals surface area contributed by atoms with Gasteiger partial charge in [0.2, 0.25) is 0 Å². The summed E-state index contributed by atoms with van der Waals surface area (Å²) in [6.45, 7) is 3.88. The molecular weight excluding hydrogens is 176 g/mol. The molecule has 0 aliphatic carbocycles. The molecule has 3 heteroatoms. The van der Waals surface area contributed by atoms with Crippen LogP contribution in [-0.4, -0.2) is 17.1 Å². The topological polar surface area (TPSA) is 35.0 Å². The molecule has 0 aliphatic heterocycles. The van der Waals surface area contributed by atoms with Crippen molar-refractivity contribution in [2.75, 3.05) is 7.11 Å². The number of fused-ring (bicyclic) bond motifs is 1. The average molecular weight is 188 g/mol. The third-order valence-electron chi connectivity index (χ3n) is 2.21. The first-order valence-electron chi connectivity index (χ1n) is 4.49. The summed E-state index contributed by atoms with van der Waals surface area (Å²) in [5, 5.41) is 1.05. The fourth-order valence-corrected chi connectivity index (χ4v) is 1.53. The minimum atomic E-state index is 0.806. The number of ether oxygens (including phenoxy) is 1. The van der Waals surface area contributed by atoms with Gasteiger partial charge in [0, 0.05) is 11.1 Å². The first kappa shape index (κ1) is 8.94. The van der Waals surface area contributed by atoms with Crippen molar-refractivity contribution < 1.29 is 4.74 Å². The van der Waals surface area contributed by atoms with E-state index in [2.05, 4.69) is 9.97 Å². The van der Waals surface area contributed by atoms with Crippen LogP contribution < -0.4 is 4.74 Å². The summed E-state index contributed by atoms with van der Waals surface area (Å²) in [6, 6.07) is 5.83. The van der Waals surface area contributed by atoms with Gasteiger partial charge < -0.3 is 4.74 Å². The van der Waals surface area contributed by atoms with Crippen LogP contribution in [0.5, 0.6) is 5.75 Å². The maximum absolute atomic E-state index is 5.15. The molecule has 0 saturated carbocycles. The molecule has 3 nitrogen and oxygen atoms in total. The number of aromatic nitrogens is 2. The summed E-state index contributed by atoms with van der Waals surface area (Å²) in [6.07, 6.45) is 0. The van der Waals surface area contributed by atoms with Gasteiger partial charge in [-0.05, 0) is 32.0 Å². The van der Waals surface area contributed by atoms with Crippen molar-refractivity contribution in [3.8, 4) is 5.75 Å². The van der Waals surface area contributed by atoms with Crippen LogP contribution in [0.1, 0.15) is 11.5 Å². The summed E-state index contributed by atoms with van der Waals surface area (Å²) in [5.41, 5.74) is 1.96. The quantitative estimate of drug-likeness (QED) is 0.688. The number of benzene rings is 1. The van der Waals surface area contributed by atoms with Gasteiger partial charge in [-0.15, -0.1) is 0 Å². The van der Waals surface area contributed by atoms with Crippen LogP contribution in [0, 0.1) is 13.8 Å². The lowest BCUT2D eigenvalue weighted by atomic mass is 10.2. The zero-order valence-electron chi connectivity index (χ0n) is 8.53. The number of hydrogen-bond donors (Lipinski definition) is 0. The van der Waals surface area contributed by atoms with Crippen LogP contribution in [0.3, 0.4) is 0 Å². The van der Waals surface area contributed by atoms with Crippen LogP contribution in [0.2, 0.25) is 0 Å². The second-order valence-corrected chi connectivity index (χ2v) is 3.24. The van der Waals surface area contributed by atoms with Crippen molar-refractivity contribution in [1.29, 1.82) is 0 Å². The Kier molecular flexibility index (Phi) is 2.08. The van der Waals surface area contributed by atoms with Gasteiger partial charge in [-0.1, -0.05) is 0 Å². The molecule has 0 unspecified atom stereocenters. The fourth-order valence-electron chi connectivity index (χ4n) is 1.53. The minimum absolute atomic E-state index is 0.806. The zero-order valence-corrected chi connectivity index (χ0v) is 8.53. The van der Waals surface area contributed by atoms with Gasteiger partial charge in [0.15, 0.2) is 0 Å². The minimum Gasteiger partial charge on any atom is -0.497 e.